The molecule has 0 spiro atoms. The smallest absolute Gasteiger partial charge is 0.282 e. The van der Waals surface area contributed by atoms with Crippen LogP contribution in [0.25, 0.3) is 5.57 Å². The second-order valence-electron chi connectivity index (χ2n) is 8.29. The molecule has 0 bridgehead atoms. The lowest BCUT2D eigenvalue weighted by Crippen LogP contribution is -2.34. The fourth-order valence-electron chi connectivity index (χ4n) is 4.11. The summed E-state index contributed by atoms with van der Waals surface area (Å²) in [5.41, 5.74) is 3.84. The van der Waals surface area contributed by atoms with Gasteiger partial charge in [0, 0.05) is 13.6 Å². The van der Waals surface area contributed by atoms with E-state index in [1.165, 1.54) is 22.6 Å². The van der Waals surface area contributed by atoms with Gasteiger partial charge in [0.25, 0.3) is 11.8 Å². The van der Waals surface area contributed by atoms with Crippen molar-refractivity contribution in [1.29, 1.82) is 0 Å². The highest BCUT2D eigenvalue weighted by Gasteiger charge is 2.41. The first kappa shape index (κ1) is 22.5. The first-order valence-corrected chi connectivity index (χ1v) is 11.2. The molecule has 1 heterocycles. The van der Waals surface area contributed by atoms with E-state index in [9.17, 15) is 14.0 Å². The van der Waals surface area contributed by atoms with Crippen molar-refractivity contribution in [3.63, 3.8) is 0 Å². The van der Waals surface area contributed by atoms with Crippen LogP contribution < -0.4 is 4.90 Å². The summed E-state index contributed by atoms with van der Waals surface area (Å²) >= 11 is 0. The predicted octanol–water partition coefficient (Wildman–Crippen LogP) is 5.58. The Hall–Kier alpha value is -3.73. The molecule has 3 aromatic rings. The molecule has 0 saturated heterocycles. The van der Waals surface area contributed by atoms with E-state index in [4.69, 9.17) is 0 Å². The van der Waals surface area contributed by atoms with E-state index >= 15 is 0 Å². The van der Waals surface area contributed by atoms with Crippen molar-refractivity contribution >= 4 is 23.1 Å². The van der Waals surface area contributed by atoms with Gasteiger partial charge in [-0.1, -0.05) is 67.9 Å². The monoisotopic (exact) mass is 442 g/mol. The Morgan fingerprint density at radius 1 is 0.818 bits per heavy atom. The van der Waals surface area contributed by atoms with Crippen LogP contribution in [0.2, 0.25) is 0 Å². The minimum absolute atomic E-state index is 0.286. The van der Waals surface area contributed by atoms with Crippen LogP contribution in [-0.4, -0.2) is 23.8 Å². The van der Waals surface area contributed by atoms with E-state index in [-0.39, 0.29) is 11.5 Å². The highest BCUT2D eigenvalue weighted by Crippen LogP contribution is 2.35. The molecule has 0 aliphatic carbocycles. The standard InChI is InChI=1S/C28H27FN2O2/c1-3-4-8-20-11-17-24(18-12-20)31-27(32)25(22-13-15-23(29)16-14-22)26(28(31)33)30(2)19-21-9-6-5-7-10-21/h5-7,9-18H,3-4,8,19H2,1-2H3. The predicted molar refractivity (Wildman–Crippen MR) is 129 cm³/mol. The Balaban J connectivity index is 1.71. The zero-order chi connectivity index (χ0) is 23.4. The number of nitrogens with zero attached hydrogens (tertiary/aromatic N) is 2. The SMILES string of the molecule is CCCCc1ccc(N2C(=O)C(c3ccc(F)cc3)=C(N(C)Cc3ccccc3)C2=O)cc1. The third-order valence-electron chi connectivity index (χ3n) is 5.85. The summed E-state index contributed by atoms with van der Waals surface area (Å²) in [6.07, 6.45) is 3.15. The van der Waals surface area contributed by atoms with Crippen molar-refractivity contribution in [1.82, 2.24) is 4.90 Å². The number of hydrogen-bond acceptors (Lipinski definition) is 3. The van der Waals surface area contributed by atoms with Gasteiger partial charge in [-0.15, -0.1) is 0 Å². The maximum Gasteiger partial charge on any atom is 0.282 e. The first-order chi connectivity index (χ1) is 16.0. The fourth-order valence-corrected chi connectivity index (χ4v) is 4.11. The summed E-state index contributed by atoms with van der Waals surface area (Å²) in [4.78, 5) is 30.2. The summed E-state index contributed by atoms with van der Waals surface area (Å²) in [7, 11) is 1.80. The molecule has 5 heteroatoms. The van der Waals surface area contributed by atoms with Crippen LogP contribution in [0.4, 0.5) is 10.1 Å². The van der Waals surface area contributed by atoms with Crippen LogP contribution in [0.15, 0.2) is 84.6 Å². The lowest BCUT2D eigenvalue weighted by atomic mass is 10.0. The van der Waals surface area contributed by atoms with E-state index in [0.29, 0.717) is 23.5 Å². The topological polar surface area (TPSA) is 40.6 Å². The molecule has 2 amide bonds. The molecule has 0 radical (unpaired) electrons. The van der Waals surface area contributed by atoms with Crippen molar-refractivity contribution in [3.05, 3.63) is 107 Å². The number of likely N-dealkylation sites (N-methyl/N-ethyl adjacent to an activating group) is 1. The molecular weight excluding hydrogens is 415 g/mol. The first-order valence-electron chi connectivity index (χ1n) is 11.2. The van der Waals surface area contributed by atoms with Crippen molar-refractivity contribution in [2.45, 2.75) is 32.7 Å². The number of benzene rings is 3. The Morgan fingerprint density at radius 3 is 2.12 bits per heavy atom. The van der Waals surface area contributed by atoms with Gasteiger partial charge in [0.2, 0.25) is 0 Å². The van der Waals surface area contributed by atoms with Gasteiger partial charge in [0.1, 0.15) is 11.5 Å². The van der Waals surface area contributed by atoms with Gasteiger partial charge in [-0.2, -0.15) is 0 Å². The molecule has 0 N–H and O–H groups in total. The minimum atomic E-state index is -0.400. The number of anilines is 1. The molecule has 33 heavy (non-hydrogen) atoms. The molecule has 0 saturated carbocycles. The van der Waals surface area contributed by atoms with Gasteiger partial charge in [0.15, 0.2) is 0 Å². The molecule has 0 atom stereocenters. The number of amides is 2. The number of aryl methyl sites for hydroxylation is 1. The molecule has 168 valence electrons. The maximum absolute atomic E-state index is 13.6. The number of imide groups is 1. The highest BCUT2D eigenvalue weighted by atomic mass is 19.1. The number of carbonyl (C=O) groups excluding carboxylic acids is 2. The number of hydrogen-bond donors (Lipinski definition) is 0. The van der Waals surface area contributed by atoms with Gasteiger partial charge in [-0.3, -0.25) is 9.59 Å². The average molecular weight is 443 g/mol. The average Bonchev–Trinajstić information content (AvgIpc) is 3.09. The maximum atomic E-state index is 13.6. The van der Waals surface area contributed by atoms with Crippen molar-refractivity contribution in [3.8, 4) is 0 Å². The second-order valence-corrected chi connectivity index (χ2v) is 8.29. The van der Waals surface area contributed by atoms with E-state index in [0.717, 1.165) is 24.8 Å². The molecule has 3 aromatic carbocycles. The molecule has 0 unspecified atom stereocenters. The van der Waals surface area contributed by atoms with Gasteiger partial charge in [-0.05, 0) is 53.8 Å². The van der Waals surface area contributed by atoms with Gasteiger partial charge < -0.3 is 4.90 Å². The molecule has 1 aliphatic rings. The summed E-state index contributed by atoms with van der Waals surface area (Å²) in [6, 6.07) is 23.0. The van der Waals surface area contributed by atoms with Crippen molar-refractivity contribution in [2.24, 2.45) is 0 Å². The number of unbranched alkanes of at least 4 members (excludes halogenated alkanes) is 1. The van der Waals surface area contributed by atoms with Crippen LogP contribution in [0.1, 0.15) is 36.5 Å². The molecule has 4 nitrogen and oxygen atoms in total. The lowest BCUT2D eigenvalue weighted by Gasteiger charge is -2.21. The zero-order valence-corrected chi connectivity index (χ0v) is 18.9. The van der Waals surface area contributed by atoms with Crippen LogP contribution in [-0.2, 0) is 22.6 Å². The Morgan fingerprint density at radius 2 is 1.48 bits per heavy atom. The van der Waals surface area contributed by atoms with Crippen molar-refractivity contribution in [2.75, 3.05) is 11.9 Å². The van der Waals surface area contributed by atoms with Gasteiger partial charge in [-0.25, -0.2) is 9.29 Å². The molecule has 4 rings (SSSR count). The third-order valence-corrected chi connectivity index (χ3v) is 5.85. The zero-order valence-electron chi connectivity index (χ0n) is 18.9. The molecular formula is C28H27FN2O2. The van der Waals surface area contributed by atoms with E-state index in [1.54, 1.807) is 24.1 Å². The Bertz CT molecular complexity index is 1170. The number of carbonyl (C=O) groups is 2. The number of rotatable bonds is 8. The minimum Gasteiger partial charge on any atom is -0.365 e. The highest BCUT2D eigenvalue weighted by molar-refractivity contribution is 6.45. The Kier molecular flexibility index (Phi) is 6.68. The largest absolute Gasteiger partial charge is 0.365 e. The quantitative estimate of drug-likeness (QED) is 0.427. The summed E-state index contributed by atoms with van der Waals surface area (Å²) < 4.78 is 13.6. The summed E-state index contributed by atoms with van der Waals surface area (Å²) in [5, 5.41) is 0. The van der Waals surface area contributed by atoms with Crippen LogP contribution in [0.3, 0.4) is 0 Å². The third kappa shape index (κ3) is 4.72. The summed E-state index contributed by atoms with van der Waals surface area (Å²) in [5.74, 6) is -1.17. The van der Waals surface area contributed by atoms with E-state index in [2.05, 4.69) is 6.92 Å². The fraction of sp³-hybridized carbons (Fsp3) is 0.214. The van der Waals surface area contributed by atoms with E-state index in [1.807, 2.05) is 54.6 Å². The van der Waals surface area contributed by atoms with E-state index < -0.39 is 11.7 Å². The Labute approximate surface area is 194 Å². The summed E-state index contributed by atoms with van der Waals surface area (Å²) in [6.45, 7) is 2.61. The van der Waals surface area contributed by atoms with Crippen molar-refractivity contribution < 1.29 is 14.0 Å². The molecule has 0 aromatic heterocycles. The number of halogens is 1. The van der Waals surface area contributed by atoms with Gasteiger partial charge in [0.05, 0.1) is 11.3 Å². The normalized spacial score (nSPS) is 13.7. The molecule has 1 aliphatic heterocycles. The van der Waals surface area contributed by atoms with Crippen LogP contribution in [0.5, 0.6) is 0 Å². The van der Waals surface area contributed by atoms with Crippen LogP contribution in [0, 0.1) is 5.82 Å². The molecule has 0 fully saturated rings. The van der Waals surface area contributed by atoms with Crippen LogP contribution >= 0.6 is 0 Å². The van der Waals surface area contributed by atoms with Gasteiger partial charge >= 0.3 is 0 Å². The lowest BCUT2D eigenvalue weighted by molar-refractivity contribution is -0.120. The second kappa shape index (κ2) is 9.82.